The summed E-state index contributed by atoms with van der Waals surface area (Å²) in [5, 5.41) is 7.42. The van der Waals surface area contributed by atoms with Gasteiger partial charge in [0.25, 0.3) is 0 Å². The van der Waals surface area contributed by atoms with Crippen LogP contribution in [0.1, 0.15) is 64.4 Å². The van der Waals surface area contributed by atoms with E-state index in [1.54, 1.807) is 0 Å². The first-order valence-corrected chi connectivity index (χ1v) is 11.3. The minimum Gasteiger partial charge on any atom is -0.392 e. The van der Waals surface area contributed by atoms with Crippen LogP contribution < -0.4 is 5.32 Å². The van der Waals surface area contributed by atoms with Crippen molar-refractivity contribution < 1.29 is 14.4 Å². The van der Waals surface area contributed by atoms with Crippen LogP contribution >= 0.6 is 0 Å². The highest BCUT2D eigenvalue weighted by molar-refractivity contribution is 6.01. The Morgan fingerprint density at radius 1 is 1.17 bits per heavy atom. The van der Waals surface area contributed by atoms with E-state index < -0.39 is 5.41 Å². The van der Waals surface area contributed by atoms with E-state index in [2.05, 4.69) is 24.3 Å². The van der Waals surface area contributed by atoms with Crippen molar-refractivity contribution in [3.05, 3.63) is 35.9 Å². The lowest BCUT2D eigenvalue weighted by Gasteiger charge is -2.42. The number of hydrogen-bond acceptors (Lipinski definition) is 4. The Bertz CT molecular complexity index is 808. The van der Waals surface area contributed by atoms with E-state index in [0.29, 0.717) is 45.3 Å². The molecular formula is C24H33N3O3. The molecule has 1 saturated carbocycles. The minimum absolute atomic E-state index is 0.101. The molecule has 2 heterocycles. The second kappa shape index (κ2) is 8.40. The van der Waals surface area contributed by atoms with Crippen molar-refractivity contribution in [1.29, 1.82) is 0 Å². The zero-order valence-electron chi connectivity index (χ0n) is 18.2. The van der Waals surface area contributed by atoms with Crippen LogP contribution in [0.5, 0.6) is 0 Å². The Hall–Kier alpha value is -2.37. The lowest BCUT2D eigenvalue weighted by Crippen LogP contribution is -2.52. The molecule has 1 unspecified atom stereocenters. The molecule has 6 heteroatoms. The van der Waals surface area contributed by atoms with Gasteiger partial charge in [0.1, 0.15) is 6.10 Å². The molecule has 3 aliphatic rings. The predicted octanol–water partition coefficient (Wildman–Crippen LogP) is 3.50. The summed E-state index contributed by atoms with van der Waals surface area (Å²) in [6.07, 6.45) is 5.51. The second-order valence-corrected chi connectivity index (χ2v) is 9.43. The molecular weight excluding hydrogens is 378 g/mol. The van der Waals surface area contributed by atoms with Crippen LogP contribution in [0.3, 0.4) is 0 Å². The molecule has 0 spiro atoms. The van der Waals surface area contributed by atoms with E-state index in [9.17, 15) is 9.59 Å². The number of amides is 2. The number of carbonyl (C=O) groups is 2. The molecule has 6 nitrogen and oxygen atoms in total. The summed E-state index contributed by atoms with van der Waals surface area (Å²) in [6.45, 7) is 6.09. The molecule has 162 valence electrons. The standard InChI is InChI=1S/C24H33N3O3/c1-3-13-25-21(28)24(11-14-27(15-12-24)22(29)23(2)9-10-23)17-19-16-20(26-30-19)18-7-5-4-6-8-18/h4-8,19H,3,9-17H2,1-2H3,(H,25,28). The first kappa shape index (κ1) is 20.9. The summed E-state index contributed by atoms with van der Waals surface area (Å²) in [5.74, 6) is 0.364. The van der Waals surface area contributed by atoms with Gasteiger partial charge in [-0.15, -0.1) is 0 Å². The number of carbonyl (C=O) groups excluding carboxylic acids is 2. The second-order valence-electron chi connectivity index (χ2n) is 9.43. The molecule has 4 rings (SSSR count). The Labute approximate surface area is 179 Å². The molecule has 30 heavy (non-hydrogen) atoms. The molecule has 1 aliphatic carbocycles. The summed E-state index contributed by atoms with van der Waals surface area (Å²) in [4.78, 5) is 33.7. The van der Waals surface area contributed by atoms with Gasteiger partial charge in [0.05, 0.1) is 11.1 Å². The molecule has 1 saturated heterocycles. The number of rotatable bonds is 7. The average molecular weight is 412 g/mol. The lowest BCUT2D eigenvalue weighted by atomic mass is 9.72. The van der Waals surface area contributed by atoms with Crippen LogP contribution in [-0.2, 0) is 14.4 Å². The van der Waals surface area contributed by atoms with Gasteiger partial charge in [0.15, 0.2) is 0 Å². The zero-order valence-corrected chi connectivity index (χ0v) is 18.2. The van der Waals surface area contributed by atoms with E-state index >= 15 is 0 Å². The molecule has 1 aromatic carbocycles. The first-order valence-electron chi connectivity index (χ1n) is 11.3. The number of hydrogen-bond donors (Lipinski definition) is 1. The zero-order chi connectivity index (χ0) is 21.2. The van der Waals surface area contributed by atoms with Crippen molar-refractivity contribution in [2.75, 3.05) is 19.6 Å². The fourth-order valence-corrected chi connectivity index (χ4v) is 4.65. The van der Waals surface area contributed by atoms with Gasteiger partial charge in [-0.1, -0.05) is 49.3 Å². The lowest BCUT2D eigenvalue weighted by molar-refractivity contribution is -0.145. The van der Waals surface area contributed by atoms with Crippen LogP contribution in [0, 0.1) is 10.8 Å². The molecule has 2 fully saturated rings. The minimum atomic E-state index is -0.497. The summed E-state index contributed by atoms with van der Waals surface area (Å²) in [6, 6.07) is 10.1. The third kappa shape index (κ3) is 4.23. The van der Waals surface area contributed by atoms with Gasteiger partial charge >= 0.3 is 0 Å². The van der Waals surface area contributed by atoms with Gasteiger partial charge in [-0.05, 0) is 37.7 Å². The molecule has 0 aromatic heterocycles. The number of nitrogens with one attached hydrogen (secondary N) is 1. The molecule has 0 bridgehead atoms. The maximum atomic E-state index is 13.2. The number of oxime groups is 1. The quantitative estimate of drug-likeness (QED) is 0.746. The van der Waals surface area contributed by atoms with Crippen LogP contribution in [-0.4, -0.2) is 48.2 Å². The summed E-state index contributed by atoms with van der Waals surface area (Å²) in [7, 11) is 0. The molecule has 2 aliphatic heterocycles. The van der Waals surface area contributed by atoms with Crippen molar-refractivity contribution in [2.24, 2.45) is 16.0 Å². The number of likely N-dealkylation sites (tertiary alicyclic amines) is 1. The molecule has 1 atom stereocenters. The van der Waals surface area contributed by atoms with Crippen LogP contribution in [0.15, 0.2) is 35.5 Å². The fourth-order valence-electron chi connectivity index (χ4n) is 4.65. The van der Waals surface area contributed by atoms with Crippen molar-refractivity contribution in [3.63, 3.8) is 0 Å². The number of piperidine rings is 1. The predicted molar refractivity (Wildman–Crippen MR) is 116 cm³/mol. The van der Waals surface area contributed by atoms with Gasteiger partial charge in [-0.3, -0.25) is 9.59 Å². The highest BCUT2D eigenvalue weighted by Gasteiger charge is 2.50. The van der Waals surface area contributed by atoms with Gasteiger partial charge in [0, 0.05) is 37.9 Å². The molecule has 1 N–H and O–H groups in total. The van der Waals surface area contributed by atoms with Crippen molar-refractivity contribution in [3.8, 4) is 0 Å². The maximum Gasteiger partial charge on any atom is 0.228 e. The third-order valence-corrected chi connectivity index (χ3v) is 7.00. The van der Waals surface area contributed by atoms with Gasteiger partial charge in [0.2, 0.25) is 11.8 Å². The Kier molecular flexibility index (Phi) is 5.85. The topological polar surface area (TPSA) is 71.0 Å². The monoisotopic (exact) mass is 411 g/mol. The number of benzene rings is 1. The highest BCUT2D eigenvalue weighted by atomic mass is 16.6. The van der Waals surface area contributed by atoms with Crippen LogP contribution in [0.4, 0.5) is 0 Å². The summed E-state index contributed by atoms with van der Waals surface area (Å²) in [5.41, 5.74) is 1.36. The SMILES string of the molecule is CCCNC(=O)C1(CC2CC(c3ccccc3)=NO2)CCN(C(=O)C2(C)CC2)CC1. The van der Waals surface area contributed by atoms with Crippen molar-refractivity contribution in [2.45, 2.75) is 64.9 Å². The van der Waals surface area contributed by atoms with Crippen molar-refractivity contribution in [1.82, 2.24) is 10.2 Å². The molecule has 1 aromatic rings. The summed E-state index contributed by atoms with van der Waals surface area (Å²) >= 11 is 0. The van der Waals surface area contributed by atoms with E-state index in [4.69, 9.17) is 4.84 Å². The highest BCUT2D eigenvalue weighted by Crippen LogP contribution is 2.48. The van der Waals surface area contributed by atoms with E-state index in [-0.39, 0.29) is 23.3 Å². The normalized spacial score (nSPS) is 24.0. The Morgan fingerprint density at radius 3 is 2.50 bits per heavy atom. The smallest absolute Gasteiger partial charge is 0.228 e. The van der Waals surface area contributed by atoms with E-state index in [1.807, 2.05) is 35.2 Å². The van der Waals surface area contributed by atoms with Crippen molar-refractivity contribution >= 4 is 17.5 Å². The Morgan fingerprint density at radius 2 is 1.87 bits per heavy atom. The molecule has 0 radical (unpaired) electrons. The molecule has 2 amide bonds. The first-order chi connectivity index (χ1) is 14.5. The van der Waals surface area contributed by atoms with Crippen LogP contribution in [0.25, 0.3) is 0 Å². The van der Waals surface area contributed by atoms with E-state index in [1.165, 1.54) is 0 Å². The summed E-state index contributed by atoms with van der Waals surface area (Å²) < 4.78 is 0. The Balaban J connectivity index is 1.42. The van der Waals surface area contributed by atoms with Gasteiger partial charge < -0.3 is 15.1 Å². The fraction of sp³-hybridized carbons (Fsp3) is 0.625. The van der Waals surface area contributed by atoms with Gasteiger partial charge in [-0.25, -0.2) is 0 Å². The largest absolute Gasteiger partial charge is 0.392 e. The average Bonchev–Trinajstić information content (AvgIpc) is 3.36. The maximum absolute atomic E-state index is 13.2. The van der Waals surface area contributed by atoms with E-state index in [0.717, 1.165) is 30.5 Å². The third-order valence-electron chi connectivity index (χ3n) is 7.00. The number of nitrogens with zero attached hydrogens (tertiary/aromatic N) is 2. The van der Waals surface area contributed by atoms with Gasteiger partial charge in [-0.2, -0.15) is 0 Å². The van der Waals surface area contributed by atoms with Crippen LogP contribution in [0.2, 0.25) is 0 Å².